The van der Waals surface area contributed by atoms with Crippen LogP contribution in [0.15, 0.2) is 48.6 Å². The highest BCUT2D eigenvalue weighted by molar-refractivity contribution is 7.47. The van der Waals surface area contributed by atoms with Crippen LogP contribution in [0.25, 0.3) is 0 Å². The average molecular weight is 895 g/mol. The van der Waals surface area contributed by atoms with E-state index in [4.69, 9.17) is 18.5 Å². The molecule has 0 bridgehead atoms. The number of phosphoric acid groups is 1. The number of esters is 2. The molecular formula is C52H97NO8P+. The van der Waals surface area contributed by atoms with Gasteiger partial charge in [0.05, 0.1) is 27.7 Å². The molecule has 0 aliphatic rings. The molecule has 0 aromatic carbocycles. The van der Waals surface area contributed by atoms with Crippen molar-refractivity contribution in [1.82, 2.24) is 0 Å². The van der Waals surface area contributed by atoms with E-state index >= 15 is 0 Å². The summed E-state index contributed by atoms with van der Waals surface area (Å²) in [6.45, 7) is 4.33. The minimum atomic E-state index is -4.38. The molecule has 0 fully saturated rings. The maximum atomic E-state index is 12.8. The first-order chi connectivity index (χ1) is 30.0. The average Bonchev–Trinajstić information content (AvgIpc) is 3.23. The van der Waals surface area contributed by atoms with Gasteiger partial charge in [-0.15, -0.1) is 0 Å². The molecule has 0 spiro atoms. The third kappa shape index (κ3) is 47.4. The summed E-state index contributed by atoms with van der Waals surface area (Å²) < 4.78 is 34.4. The predicted octanol–water partition coefficient (Wildman–Crippen LogP) is 15.0. The van der Waals surface area contributed by atoms with Crippen molar-refractivity contribution in [1.29, 1.82) is 0 Å². The van der Waals surface area contributed by atoms with Gasteiger partial charge in [-0.1, -0.05) is 204 Å². The van der Waals surface area contributed by atoms with Crippen LogP contribution < -0.4 is 0 Å². The molecule has 0 saturated carbocycles. The number of hydrogen-bond donors (Lipinski definition) is 1. The van der Waals surface area contributed by atoms with E-state index in [9.17, 15) is 19.0 Å². The smallest absolute Gasteiger partial charge is 0.462 e. The summed E-state index contributed by atoms with van der Waals surface area (Å²) in [6.07, 6.45) is 53.0. The molecule has 0 rings (SSSR count). The van der Waals surface area contributed by atoms with Gasteiger partial charge < -0.3 is 18.9 Å². The minimum Gasteiger partial charge on any atom is -0.462 e. The first-order valence-corrected chi connectivity index (χ1v) is 26.9. The number of nitrogens with zero attached hydrogens (tertiary/aromatic N) is 1. The Labute approximate surface area is 382 Å². The van der Waals surface area contributed by atoms with Crippen LogP contribution in [0.5, 0.6) is 0 Å². The highest BCUT2D eigenvalue weighted by Gasteiger charge is 2.27. The molecule has 0 aromatic heterocycles. The van der Waals surface area contributed by atoms with E-state index in [0.29, 0.717) is 23.9 Å². The maximum absolute atomic E-state index is 12.8. The Balaban J connectivity index is 4.24. The minimum absolute atomic E-state index is 0.0310. The van der Waals surface area contributed by atoms with Crippen LogP contribution in [-0.4, -0.2) is 74.9 Å². The molecule has 0 amide bonds. The van der Waals surface area contributed by atoms with Crippen LogP contribution in [0.2, 0.25) is 0 Å². The number of ether oxygens (including phenoxy) is 2. The van der Waals surface area contributed by atoms with Gasteiger partial charge in [0.25, 0.3) is 0 Å². The highest BCUT2D eigenvalue weighted by Crippen LogP contribution is 2.43. The lowest BCUT2D eigenvalue weighted by Gasteiger charge is -2.24. The number of unbranched alkanes of at least 4 members (excludes halogenated alkanes) is 24. The van der Waals surface area contributed by atoms with E-state index in [0.717, 1.165) is 70.6 Å². The summed E-state index contributed by atoms with van der Waals surface area (Å²) in [5.41, 5.74) is 0. The first kappa shape index (κ1) is 60.0. The van der Waals surface area contributed by atoms with Gasteiger partial charge in [-0.25, -0.2) is 4.57 Å². The summed E-state index contributed by atoms with van der Waals surface area (Å²) in [5.74, 6) is -0.796. The van der Waals surface area contributed by atoms with Gasteiger partial charge in [0, 0.05) is 12.8 Å². The zero-order valence-electron chi connectivity index (χ0n) is 40.9. The van der Waals surface area contributed by atoms with Gasteiger partial charge in [0.15, 0.2) is 6.10 Å². The zero-order chi connectivity index (χ0) is 45.7. The fourth-order valence-electron chi connectivity index (χ4n) is 6.95. The van der Waals surface area contributed by atoms with Crippen molar-refractivity contribution < 1.29 is 42.1 Å². The summed E-state index contributed by atoms with van der Waals surface area (Å²) in [6, 6.07) is 0. The normalized spacial score (nSPS) is 13.8. The number of carbonyl (C=O) groups is 2. The molecule has 1 N–H and O–H groups in total. The zero-order valence-corrected chi connectivity index (χ0v) is 41.7. The fraction of sp³-hybridized carbons (Fsp3) is 0.808. The summed E-state index contributed by atoms with van der Waals surface area (Å²) in [5, 5.41) is 0. The molecule has 2 atom stereocenters. The highest BCUT2D eigenvalue weighted by atomic mass is 31.2. The number of quaternary nitrogens is 1. The van der Waals surface area contributed by atoms with Crippen LogP contribution in [0.1, 0.15) is 219 Å². The van der Waals surface area contributed by atoms with Crippen LogP contribution in [0.4, 0.5) is 0 Å². The molecule has 10 heteroatoms. The number of likely N-dealkylation sites (N-methyl/N-ethyl adjacent to an activating group) is 1. The van der Waals surface area contributed by atoms with Gasteiger partial charge >= 0.3 is 19.8 Å². The molecule has 0 radical (unpaired) electrons. The molecule has 0 aromatic rings. The molecule has 0 aliphatic carbocycles. The van der Waals surface area contributed by atoms with Gasteiger partial charge in [-0.05, 0) is 51.4 Å². The molecule has 0 heterocycles. The summed E-state index contributed by atoms with van der Waals surface area (Å²) in [7, 11) is 1.48. The topological polar surface area (TPSA) is 108 Å². The predicted molar refractivity (Wildman–Crippen MR) is 261 cm³/mol. The molecule has 0 aliphatic heterocycles. The van der Waals surface area contributed by atoms with Crippen molar-refractivity contribution in [3.8, 4) is 0 Å². The molecule has 0 saturated heterocycles. The van der Waals surface area contributed by atoms with E-state index < -0.39 is 26.5 Å². The Morgan fingerprint density at radius 3 is 1.37 bits per heavy atom. The van der Waals surface area contributed by atoms with E-state index in [1.54, 1.807) is 0 Å². The number of phosphoric ester groups is 1. The van der Waals surface area contributed by atoms with Crippen LogP contribution >= 0.6 is 7.82 Å². The molecule has 62 heavy (non-hydrogen) atoms. The quantitative estimate of drug-likeness (QED) is 0.0212. The Kier molecular flexibility index (Phi) is 42.7. The summed E-state index contributed by atoms with van der Waals surface area (Å²) in [4.78, 5) is 35.5. The molecule has 362 valence electrons. The van der Waals surface area contributed by atoms with Crippen molar-refractivity contribution in [3.63, 3.8) is 0 Å². The standard InChI is InChI=1S/C52H96NO8P/c1-6-8-10-12-14-16-18-20-22-23-24-25-26-27-28-29-31-33-35-37-39-41-43-45-52(55)61-50(49-60-62(56,57)59-47-46-53(3,4)5)48-58-51(54)44-42-40-38-36-34-32-30-21-19-17-15-13-11-9-7-2/h8,10,14,16,20,22,24-25,50H,6-7,9,11-13,15,17-19,21,23,26-49H2,1-5H3/p+1/b10-8-,16-14-,22-20-,25-24-. The Hall–Kier alpha value is -2.03. The second kappa shape index (κ2) is 44.2. The number of allylic oxidation sites excluding steroid dienone is 8. The Morgan fingerprint density at radius 1 is 0.516 bits per heavy atom. The van der Waals surface area contributed by atoms with E-state index in [1.165, 1.54) is 116 Å². The van der Waals surface area contributed by atoms with Gasteiger partial charge in [-0.2, -0.15) is 0 Å². The largest absolute Gasteiger partial charge is 0.472 e. The van der Waals surface area contributed by atoms with E-state index in [2.05, 4.69) is 62.5 Å². The number of rotatable bonds is 46. The van der Waals surface area contributed by atoms with Gasteiger partial charge in [0.2, 0.25) is 0 Å². The first-order valence-electron chi connectivity index (χ1n) is 25.4. The third-order valence-corrected chi connectivity index (χ3v) is 11.9. The van der Waals surface area contributed by atoms with Gasteiger partial charge in [-0.3, -0.25) is 18.6 Å². The molecule has 9 nitrogen and oxygen atoms in total. The van der Waals surface area contributed by atoms with E-state index in [-0.39, 0.29) is 25.6 Å². The van der Waals surface area contributed by atoms with Crippen LogP contribution in [-0.2, 0) is 32.7 Å². The number of carbonyl (C=O) groups excluding carboxylic acids is 2. The third-order valence-electron chi connectivity index (χ3n) is 10.9. The lowest BCUT2D eigenvalue weighted by Crippen LogP contribution is -2.37. The van der Waals surface area contributed by atoms with Crippen LogP contribution in [0.3, 0.4) is 0 Å². The van der Waals surface area contributed by atoms with Crippen molar-refractivity contribution in [2.75, 3.05) is 47.5 Å². The van der Waals surface area contributed by atoms with E-state index in [1.807, 2.05) is 21.1 Å². The Morgan fingerprint density at radius 2 is 0.919 bits per heavy atom. The second-order valence-corrected chi connectivity index (χ2v) is 19.6. The lowest BCUT2D eigenvalue weighted by atomic mass is 10.0. The van der Waals surface area contributed by atoms with Crippen molar-refractivity contribution in [3.05, 3.63) is 48.6 Å². The van der Waals surface area contributed by atoms with Gasteiger partial charge in [0.1, 0.15) is 19.8 Å². The fourth-order valence-corrected chi connectivity index (χ4v) is 7.69. The Bertz CT molecular complexity index is 1190. The van der Waals surface area contributed by atoms with Crippen molar-refractivity contribution in [2.45, 2.75) is 225 Å². The van der Waals surface area contributed by atoms with Crippen LogP contribution in [0, 0.1) is 0 Å². The van der Waals surface area contributed by atoms with Crippen molar-refractivity contribution in [2.24, 2.45) is 0 Å². The number of hydrogen-bond acceptors (Lipinski definition) is 7. The maximum Gasteiger partial charge on any atom is 0.472 e. The second-order valence-electron chi connectivity index (χ2n) is 18.2. The monoisotopic (exact) mass is 895 g/mol. The van der Waals surface area contributed by atoms with Crippen molar-refractivity contribution >= 4 is 19.8 Å². The summed E-state index contributed by atoms with van der Waals surface area (Å²) >= 11 is 0. The lowest BCUT2D eigenvalue weighted by molar-refractivity contribution is -0.870. The molecular weight excluding hydrogens is 798 g/mol. The SMILES string of the molecule is CC/C=C\C/C=C\C/C=C\C/C=C\CCCCCCCCCCCCC(=O)OC(COC(=O)CCCCCCCCCCCCCCCCC)COP(=O)(O)OCC[N+](C)(C)C. The molecule has 2 unspecified atom stereocenters.